The second-order valence-corrected chi connectivity index (χ2v) is 5.73. The van der Waals surface area contributed by atoms with E-state index in [1.54, 1.807) is 4.90 Å². The van der Waals surface area contributed by atoms with Crippen molar-refractivity contribution in [3.05, 3.63) is 40.9 Å². The van der Waals surface area contributed by atoms with Crippen molar-refractivity contribution < 1.29 is 37.5 Å². The Balaban J connectivity index is 0.00000162. The first-order valence-electron chi connectivity index (χ1n) is 5.45. The quantitative estimate of drug-likeness (QED) is 0.384. The number of halogens is 2. The van der Waals surface area contributed by atoms with Gasteiger partial charge in [0.2, 0.25) is 5.91 Å². The summed E-state index contributed by atoms with van der Waals surface area (Å²) in [5, 5.41) is 0.700. The molecule has 2 nitrogen and oxygen atoms in total. The van der Waals surface area contributed by atoms with Crippen LogP contribution in [0.25, 0.3) is 5.70 Å². The van der Waals surface area contributed by atoms with Gasteiger partial charge in [-0.15, -0.1) is 17.8 Å². The molecule has 93 valence electrons. The summed E-state index contributed by atoms with van der Waals surface area (Å²) in [6.45, 7) is 2.65. The van der Waals surface area contributed by atoms with Crippen molar-refractivity contribution >= 4 is 45.8 Å². The van der Waals surface area contributed by atoms with Gasteiger partial charge >= 0.3 is 0 Å². The minimum atomic E-state index is 0. The first-order valence-corrected chi connectivity index (χ1v) is 7.08. The van der Waals surface area contributed by atoms with E-state index in [0.717, 1.165) is 11.3 Å². The fourth-order valence-corrected chi connectivity index (χ4v) is 2.51. The first kappa shape index (κ1) is 16.6. The van der Waals surface area contributed by atoms with E-state index in [9.17, 15) is 4.79 Å². The molecule has 0 aliphatic carbocycles. The van der Waals surface area contributed by atoms with E-state index in [1.165, 1.54) is 0 Å². The number of rotatable bonds is 2. The number of benzene rings is 1. The van der Waals surface area contributed by atoms with Crippen molar-refractivity contribution in [2.75, 3.05) is 6.54 Å². The van der Waals surface area contributed by atoms with Gasteiger partial charge in [0.1, 0.15) is 0 Å². The van der Waals surface area contributed by atoms with Crippen molar-refractivity contribution in [2.45, 2.75) is 17.3 Å². The SMILES string of the molecule is CCN1C(=O)C(I)C[C-]=C1c1ccc(Cl)cc1.[Y]. The molecule has 1 aromatic rings. The predicted molar refractivity (Wildman–Crippen MR) is 77.9 cm³/mol. The van der Waals surface area contributed by atoms with Crippen LogP contribution < -0.4 is 0 Å². The largest absolute Gasteiger partial charge is 0.347 e. The van der Waals surface area contributed by atoms with Gasteiger partial charge in [-0.05, 0) is 6.92 Å². The standard InChI is InChI=1S/C13H12ClINO.Y/c1-2-16-12(8-7-11(15)13(16)17)9-3-5-10(14)6-4-9;/h3-6,11H,2,7H2,1H3;/q-1;. The molecule has 5 heteroatoms. The zero-order valence-corrected chi connectivity index (χ0v) is 15.7. The summed E-state index contributed by atoms with van der Waals surface area (Å²) in [5.41, 5.74) is 1.87. The fourth-order valence-electron chi connectivity index (χ4n) is 1.83. The second kappa shape index (κ2) is 7.37. The van der Waals surface area contributed by atoms with Crippen LogP contribution in [-0.4, -0.2) is 21.3 Å². The van der Waals surface area contributed by atoms with Gasteiger partial charge < -0.3 is 4.90 Å². The van der Waals surface area contributed by atoms with Crippen LogP contribution in [0.5, 0.6) is 0 Å². The summed E-state index contributed by atoms with van der Waals surface area (Å²) in [5.74, 6) is 0.164. The Labute approximate surface area is 151 Å². The Morgan fingerprint density at radius 2 is 2.06 bits per heavy atom. The van der Waals surface area contributed by atoms with Crippen LogP contribution in [0.15, 0.2) is 24.3 Å². The van der Waals surface area contributed by atoms with Crippen LogP contribution in [0.1, 0.15) is 18.9 Å². The summed E-state index contributed by atoms with van der Waals surface area (Å²) < 4.78 is 0.00333. The summed E-state index contributed by atoms with van der Waals surface area (Å²) in [7, 11) is 0. The van der Waals surface area contributed by atoms with Gasteiger partial charge in [-0.1, -0.05) is 52.7 Å². The van der Waals surface area contributed by atoms with E-state index >= 15 is 0 Å². The third kappa shape index (κ3) is 3.56. The molecule has 2 rings (SSSR count). The molecule has 1 aliphatic heterocycles. The molecular formula is C13H12ClINOY-. The molecule has 1 atom stereocenters. The number of allylic oxidation sites excluding steroid dienone is 1. The molecule has 1 amide bonds. The topological polar surface area (TPSA) is 20.3 Å². The number of carbonyl (C=O) groups excluding carboxylic acids is 1. The van der Waals surface area contributed by atoms with Gasteiger partial charge in [0.15, 0.2) is 0 Å². The van der Waals surface area contributed by atoms with Crippen LogP contribution in [0.4, 0.5) is 0 Å². The van der Waals surface area contributed by atoms with Gasteiger partial charge in [0.05, 0.1) is 3.92 Å². The Morgan fingerprint density at radius 1 is 1.44 bits per heavy atom. The van der Waals surface area contributed by atoms with Crippen molar-refractivity contribution in [3.8, 4) is 0 Å². The van der Waals surface area contributed by atoms with Crippen LogP contribution in [0.2, 0.25) is 5.02 Å². The Kier molecular flexibility index (Phi) is 6.80. The molecule has 1 aromatic carbocycles. The maximum absolute atomic E-state index is 12.0. The number of hydrogen-bond acceptors (Lipinski definition) is 1. The maximum Gasteiger partial charge on any atom is 0.235 e. The average molecular weight is 450 g/mol. The van der Waals surface area contributed by atoms with E-state index in [4.69, 9.17) is 11.6 Å². The molecule has 0 aromatic heterocycles. The van der Waals surface area contributed by atoms with E-state index in [1.807, 2.05) is 31.2 Å². The first-order chi connectivity index (χ1) is 8.13. The summed E-state index contributed by atoms with van der Waals surface area (Å²) in [6.07, 6.45) is 3.98. The maximum atomic E-state index is 12.0. The summed E-state index contributed by atoms with van der Waals surface area (Å²) in [4.78, 5) is 13.8. The molecule has 1 heterocycles. The molecule has 18 heavy (non-hydrogen) atoms. The molecule has 0 spiro atoms. The van der Waals surface area contributed by atoms with Crippen molar-refractivity contribution in [1.82, 2.24) is 4.90 Å². The van der Waals surface area contributed by atoms with Crippen molar-refractivity contribution in [1.29, 1.82) is 0 Å². The zero-order chi connectivity index (χ0) is 12.4. The number of carbonyl (C=O) groups is 1. The molecular weight excluding hydrogens is 437 g/mol. The molecule has 0 fully saturated rings. The third-order valence-corrected chi connectivity index (χ3v) is 3.91. The molecule has 0 saturated heterocycles. The molecule has 0 N–H and O–H groups in total. The Morgan fingerprint density at radius 3 is 2.61 bits per heavy atom. The fraction of sp³-hybridized carbons (Fsp3) is 0.308. The van der Waals surface area contributed by atoms with E-state index in [-0.39, 0.29) is 42.5 Å². The normalized spacial score (nSPS) is 19.3. The minimum absolute atomic E-state index is 0. The number of alkyl halides is 1. The number of nitrogens with zero attached hydrogens (tertiary/aromatic N) is 1. The van der Waals surface area contributed by atoms with Gasteiger partial charge in [0, 0.05) is 44.3 Å². The van der Waals surface area contributed by atoms with Crippen molar-refractivity contribution in [2.24, 2.45) is 0 Å². The summed E-state index contributed by atoms with van der Waals surface area (Å²) in [6, 6.07) is 7.52. The van der Waals surface area contributed by atoms with Gasteiger partial charge in [0.25, 0.3) is 0 Å². The van der Waals surface area contributed by atoms with Crippen LogP contribution in [-0.2, 0) is 37.5 Å². The molecule has 1 unspecified atom stereocenters. The molecule has 1 radical (unpaired) electrons. The Bertz CT molecular complexity index is 461. The van der Waals surface area contributed by atoms with E-state index < -0.39 is 0 Å². The zero-order valence-electron chi connectivity index (χ0n) is 9.99. The van der Waals surface area contributed by atoms with Crippen LogP contribution in [0.3, 0.4) is 0 Å². The van der Waals surface area contributed by atoms with E-state index in [0.29, 0.717) is 18.0 Å². The van der Waals surface area contributed by atoms with Crippen LogP contribution in [0, 0.1) is 6.08 Å². The minimum Gasteiger partial charge on any atom is -0.347 e. The molecule has 1 aliphatic rings. The monoisotopic (exact) mass is 449 g/mol. The van der Waals surface area contributed by atoms with Crippen LogP contribution >= 0.6 is 34.2 Å². The molecule has 0 saturated carbocycles. The average Bonchev–Trinajstić information content (AvgIpc) is 2.34. The number of amides is 1. The second-order valence-electron chi connectivity index (χ2n) is 3.79. The van der Waals surface area contributed by atoms with E-state index in [2.05, 4.69) is 28.7 Å². The predicted octanol–water partition coefficient (Wildman–Crippen LogP) is 3.54. The molecule has 0 bridgehead atoms. The number of hydrogen-bond donors (Lipinski definition) is 0. The summed E-state index contributed by atoms with van der Waals surface area (Å²) >= 11 is 8.03. The van der Waals surface area contributed by atoms with Gasteiger partial charge in [-0.2, -0.15) is 5.56 Å². The Hall–Kier alpha value is 0.554. The van der Waals surface area contributed by atoms with Crippen molar-refractivity contribution in [3.63, 3.8) is 0 Å². The van der Waals surface area contributed by atoms with Gasteiger partial charge in [-0.25, -0.2) is 6.08 Å². The van der Waals surface area contributed by atoms with Gasteiger partial charge in [-0.3, -0.25) is 4.79 Å². The smallest absolute Gasteiger partial charge is 0.235 e. The third-order valence-electron chi connectivity index (χ3n) is 2.69.